The van der Waals surface area contributed by atoms with Gasteiger partial charge in [-0.3, -0.25) is 0 Å². The molecule has 0 rings (SSSR count). The number of alkyl halides is 2. The molecule has 1 unspecified atom stereocenters. The molecule has 0 saturated carbocycles. The van der Waals surface area contributed by atoms with Crippen molar-refractivity contribution in [3.05, 3.63) is 0 Å². The van der Waals surface area contributed by atoms with E-state index in [0.29, 0.717) is 4.32 Å². The Bertz CT molecular complexity index is 61.3. The molecule has 0 N–H and O–H groups in total. The summed E-state index contributed by atoms with van der Waals surface area (Å²) < 4.78 is 0.366. The van der Waals surface area contributed by atoms with Crippen LogP contribution in [0.1, 0.15) is 33.1 Å². The molecule has 0 amide bonds. The summed E-state index contributed by atoms with van der Waals surface area (Å²) >= 11 is 7.10. The standard InChI is InChI=1S/C7H14Br2/c1-3-4-7(2,9)5-6-8/h3-6H2,1-2H3. The second-order valence-corrected chi connectivity index (χ2v) is 5.31. The van der Waals surface area contributed by atoms with Crippen LogP contribution in [-0.2, 0) is 0 Å². The predicted octanol–water partition coefficient (Wildman–Crippen LogP) is 3.73. The van der Waals surface area contributed by atoms with Crippen molar-refractivity contribution in [2.24, 2.45) is 0 Å². The summed E-state index contributed by atoms with van der Waals surface area (Å²) in [5, 5.41) is 1.09. The summed E-state index contributed by atoms with van der Waals surface area (Å²) in [6.07, 6.45) is 3.73. The van der Waals surface area contributed by atoms with Gasteiger partial charge in [0.15, 0.2) is 0 Å². The number of hydrogen-bond donors (Lipinski definition) is 0. The fraction of sp³-hybridized carbons (Fsp3) is 1.00. The first-order chi connectivity index (χ1) is 4.12. The lowest BCUT2D eigenvalue weighted by Crippen LogP contribution is -2.15. The van der Waals surface area contributed by atoms with Crippen LogP contribution in [-0.4, -0.2) is 9.65 Å². The number of halogens is 2. The van der Waals surface area contributed by atoms with E-state index in [9.17, 15) is 0 Å². The van der Waals surface area contributed by atoms with Crippen molar-refractivity contribution < 1.29 is 0 Å². The first-order valence-electron chi connectivity index (χ1n) is 3.37. The highest BCUT2D eigenvalue weighted by Crippen LogP contribution is 2.27. The van der Waals surface area contributed by atoms with E-state index >= 15 is 0 Å². The molecule has 0 aromatic rings. The Kier molecular flexibility index (Phi) is 5.23. The van der Waals surface area contributed by atoms with Gasteiger partial charge in [0.25, 0.3) is 0 Å². The van der Waals surface area contributed by atoms with Crippen LogP contribution in [0.3, 0.4) is 0 Å². The van der Waals surface area contributed by atoms with Crippen LogP contribution in [0.4, 0.5) is 0 Å². The molecule has 0 bridgehead atoms. The highest BCUT2D eigenvalue weighted by molar-refractivity contribution is 9.10. The second kappa shape index (κ2) is 4.73. The smallest absolute Gasteiger partial charge is 0.0237 e. The molecular formula is C7H14Br2. The molecule has 0 nitrogen and oxygen atoms in total. The monoisotopic (exact) mass is 256 g/mol. The third kappa shape index (κ3) is 5.41. The van der Waals surface area contributed by atoms with E-state index in [0.717, 1.165) is 5.33 Å². The van der Waals surface area contributed by atoms with Crippen molar-refractivity contribution in [1.29, 1.82) is 0 Å². The van der Waals surface area contributed by atoms with E-state index in [1.165, 1.54) is 19.3 Å². The molecule has 0 aromatic heterocycles. The Labute approximate surface area is 74.7 Å². The second-order valence-electron chi connectivity index (χ2n) is 2.60. The van der Waals surface area contributed by atoms with Gasteiger partial charge >= 0.3 is 0 Å². The molecule has 0 spiro atoms. The molecule has 56 valence electrons. The van der Waals surface area contributed by atoms with Gasteiger partial charge in [0.05, 0.1) is 0 Å². The van der Waals surface area contributed by atoms with Gasteiger partial charge in [0.2, 0.25) is 0 Å². The van der Waals surface area contributed by atoms with E-state index in [4.69, 9.17) is 0 Å². The Morgan fingerprint density at radius 1 is 1.33 bits per heavy atom. The summed E-state index contributed by atoms with van der Waals surface area (Å²) in [7, 11) is 0. The molecular weight excluding hydrogens is 244 g/mol. The van der Waals surface area contributed by atoms with Gasteiger partial charge in [-0.25, -0.2) is 0 Å². The maximum absolute atomic E-state index is 3.67. The van der Waals surface area contributed by atoms with Gasteiger partial charge in [-0.15, -0.1) is 0 Å². The number of hydrogen-bond acceptors (Lipinski definition) is 0. The Balaban J connectivity index is 3.43. The zero-order valence-electron chi connectivity index (χ0n) is 6.08. The van der Waals surface area contributed by atoms with Crippen molar-refractivity contribution >= 4 is 31.9 Å². The topological polar surface area (TPSA) is 0 Å². The fourth-order valence-electron chi connectivity index (χ4n) is 0.843. The van der Waals surface area contributed by atoms with E-state index in [1.54, 1.807) is 0 Å². The molecule has 0 radical (unpaired) electrons. The molecule has 0 heterocycles. The molecule has 0 aromatic carbocycles. The Morgan fingerprint density at radius 3 is 2.22 bits per heavy atom. The van der Waals surface area contributed by atoms with Crippen LogP contribution in [0, 0.1) is 0 Å². The minimum Gasteiger partial charge on any atom is -0.0928 e. The van der Waals surface area contributed by atoms with Gasteiger partial charge in [-0.1, -0.05) is 45.2 Å². The molecule has 0 fully saturated rings. The van der Waals surface area contributed by atoms with Crippen LogP contribution >= 0.6 is 31.9 Å². The minimum absolute atomic E-state index is 0.366. The quantitative estimate of drug-likeness (QED) is 0.674. The highest BCUT2D eigenvalue weighted by Gasteiger charge is 2.16. The van der Waals surface area contributed by atoms with Crippen LogP contribution < -0.4 is 0 Å². The van der Waals surface area contributed by atoms with Crippen molar-refractivity contribution in [2.75, 3.05) is 5.33 Å². The van der Waals surface area contributed by atoms with Crippen LogP contribution in [0.5, 0.6) is 0 Å². The van der Waals surface area contributed by atoms with Crippen LogP contribution in [0.15, 0.2) is 0 Å². The van der Waals surface area contributed by atoms with Crippen molar-refractivity contribution in [2.45, 2.75) is 37.4 Å². The zero-order valence-corrected chi connectivity index (χ0v) is 9.26. The molecule has 9 heavy (non-hydrogen) atoms. The first kappa shape index (κ1) is 9.96. The highest BCUT2D eigenvalue weighted by atomic mass is 79.9. The average molecular weight is 258 g/mol. The average Bonchev–Trinajstić information content (AvgIpc) is 1.64. The Hall–Kier alpha value is 0.960. The number of rotatable bonds is 4. The molecule has 0 saturated heterocycles. The van der Waals surface area contributed by atoms with E-state index in [1.807, 2.05) is 0 Å². The SMILES string of the molecule is CCCC(C)(Br)CCBr. The lowest BCUT2D eigenvalue weighted by molar-refractivity contribution is 0.577. The summed E-state index contributed by atoms with van der Waals surface area (Å²) in [5.41, 5.74) is 0. The van der Waals surface area contributed by atoms with Gasteiger partial charge < -0.3 is 0 Å². The third-order valence-corrected chi connectivity index (χ3v) is 2.58. The van der Waals surface area contributed by atoms with Crippen molar-refractivity contribution in [1.82, 2.24) is 0 Å². The maximum atomic E-state index is 3.67. The molecule has 2 heteroatoms. The normalized spacial score (nSPS) is 17.3. The predicted molar refractivity (Wildman–Crippen MR) is 50.7 cm³/mol. The van der Waals surface area contributed by atoms with Crippen molar-refractivity contribution in [3.8, 4) is 0 Å². The van der Waals surface area contributed by atoms with Crippen LogP contribution in [0.2, 0.25) is 0 Å². The lowest BCUT2D eigenvalue weighted by atomic mass is 10.0. The zero-order chi connectivity index (χ0) is 7.33. The van der Waals surface area contributed by atoms with Gasteiger partial charge in [-0.05, 0) is 19.8 Å². The fourth-order valence-corrected chi connectivity index (χ4v) is 2.85. The van der Waals surface area contributed by atoms with Gasteiger partial charge in [0, 0.05) is 9.65 Å². The minimum atomic E-state index is 0.366. The largest absolute Gasteiger partial charge is 0.0928 e. The lowest BCUT2D eigenvalue weighted by Gasteiger charge is -2.19. The third-order valence-electron chi connectivity index (χ3n) is 1.39. The van der Waals surface area contributed by atoms with Crippen molar-refractivity contribution in [3.63, 3.8) is 0 Å². The van der Waals surface area contributed by atoms with Crippen LogP contribution in [0.25, 0.3) is 0 Å². The van der Waals surface area contributed by atoms with E-state index in [2.05, 4.69) is 45.7 Å². The van der Waals surface area contributed by atoms with E-state index < -0.39 is 0 Å². The van der Waals surface area contributed by atoms with E-state index in [-0.39, 0.29) is 0 Å². The molecule has 0 aliphatic heterocycles. The maximum Gasteiger partial charge on any atom is 0.0237 e. The summed E-state index contributed by atoms with van der Waals surface area (Å²) in [4.78, 5) is 0. The first-order valence-corrected chi connectivity index (χ1v) is 5.28. The summed E-state index contributed by atoms with van der Waals surface area (Å²) in [5.74, 6) is 0. The summed E-state index contributed by atoms with van der Waals surface area (Å²) in [6.45, 7) is 4.46. The molecule has 0 aliphatic carbocycles. The Morgan fingerprint density at radius 2 is 1.89 bits per heavy atom. The van der Waals surface area contributed by atoms with Gasteiger partial charge in [-0.2, -0.15) is 0 Å². The summed E-state index contributed by atoms with van der Waals surface area (Å²) in [6, 6.07) is 0. The molecule has 1 atom stereocenters. The molecule has 0 aliphatic rings. The van der Waals surface area contributed by atoms with Gasteiger partial charge in [0.1, 0.15) is 0 Å².